The summed E-state index contributed by atoms with van der Waals surface area (Å²) in [7, 11) is 0. The van der Waals surface area contributed by atoms with E-state index in [1.54, 1.807) is 39.0 Å². The minimum absolute atomic E-state index is 0.323. The number of ether oxygens (including phenoxy) is 2. The molecule has 0 radical (unpaired) electrons. The summed E-state index contributed by atoms with van der Waals surface area (Å²) in [5.74, 6) is 0.983. The van der Waals surface area contributed by atoms with E-state index < -0.39 is 11.7 Å². The van der Waals surface area contributed by atoms with Gasteiger partial charge >= 0.3 is 6.09 Å². The Hall–Kier alpha value is -2.08. The lowest BCUT2D eigenvalue weighted by atomic mass is 10.00. The van der Waals surface area contributed by atoms with E-state index in [4.69, 9.17) is 9.47 Å². The highest BCUT2D eigenvalue weighted by atomic mass is 79.9. The molecule has 24 heavy (non-hydrogen) atoms. The molecule has 0 fully saturated rings. The number of fused-ring (bicyclic) bond motifs is 2. The Morgan fingerprint density at radius 1 is 1.25 bits per heavy atom. The predicted molar refractivity (Wildman–Crippen MR) is 93.3 cm³/mol. The molecule has 0 saturated carbocycles. The van der Waals surface area contributed by atoms with E-state index in [2.05, 4.69) is 21.2 Å². The van der Waals surface area contributed by atoms with Crippen molar-refractivity contribution in [3.63, 3.8) is 0 Å². The minimum atomic E-state index is -0.565. The lowest BCUT2D eigenvalue weighted by Crippen LogP contribution is -2.27. The van der Waals surface area contributed by atoms with Gasteiger partial charge in [-0.1, -0.05) is 0 Å². The highest BCUT2D eigenvalue weighted by Gasteiger charge is 2.22. The molecular weight excluding hydrogens is 377 g/mol. The summed E-state index contributed by atoms with van der Waals surface area (Å²) >= 11 is 3.32. The SMILES string of the molecule is CC(C)(C)OC(=O)Nc1ccc2c(c1)Cc1cc(F)cc(Br)c1O2. The molecule has 4 nitrogen and oxygen atoms in total. The third kappa shape index (κ3) is 3.70. The van der Waals surface area contributed by atoms with Crippen LogP contribution in [0.5, 0.6) is 11.5 Å². The Morgan fingerprint density at radius 2 is 2.00 bits per heavy atom. The van der Waals surface area contributed by atoms with Gasteiger partial charge in [-0.05, 0) is 67.0 Å². The second-order valence-corrected chi connectivity index (χ2v) is 7.46. The van der Waals surface area contributed by atoms with Crippen LogP contribution >= 0.6 is 15.9 Å². The van der Waals surface area contributed by atoms with E-state index in [-0.39, 0.29) is 5.82 Å². The molecule has 3 rings (SSSR count). The fourth-order valence-electron chi connectivity index (χ4n) is 2.49. The quantitative estimate of drug-likeness (QED) is 0.582. The fourth-order valence-corrected chi connectivity index (χ4v) is 3.05. The zero-order valence-corrected chi connectivity index (χ0v) is 15.2. The molecule has 0 atom stereocenters. The number of halogens is 2. The van der Waals surface area contributed by atoms with Crippen LogP contribution in [-0.2, 0) is 11.2 Å². The van der Waals surface area contributed by atoms with Crippen molar-refractivity contribution in [2.45, 2.75) is 32.8 Å². The van der Waals surface area contributed by atoms with Gasteiger partial charge in [0, 0.05) is 23.2 Å². The fraction of sp³-hybridized carbons (Fsp3) is 0.278. The molecule has 2 aromatic carbocycles. The topological polar surface area (TPSA) is 47.6 Å². The summed E-state index contributed by atoms with van der Waals surface area (Å²) in [5, 5.41) is 2.70. The number of amides is 1. The predicted octanol–water partition coefficient (Wildman–Crippen LogP) is 5.63. The van der Waals surface area contributed by atoms with Gasteiger partial charge in [0.05, 0.1) is 4.47 Å². The van der Waals surface area contributed by atoms with Gasteiger partial charge in [-0.3, -0.25) is 5.32 Å². The minimum Gasteiger partial charge on any atom is -0.456 e. The van der Waals surface area contributed by atoms with Crippen LogP contribution < -0.4 is 10.1 Å². The maximum Gasteiger partial charge on any atom is 0.412 e. The first-order valence-electron chi connectivity index (χ1n) is 7.50. The van der Waals surface area contributed by atoms with Crippen molar-refractivity contribution in [2.24, 2.45) is 0 Å². The van der Waals surface area contributed by atoms with E-state index in [1.807, 2.05) is 0 Å². The number of carbonyl (C=O) groups is 1. The Balaban J connectivity index is 1.82. The summed E-state index contributed by atoms with van der Waals surface area (Å²) in [4.78, 5) is 11.9. The van der Waals surface area contributed by atoms with Crippen LogP contribution in [0.1, 0.15) is 31.9 Å². The number of rotatable bonds is 1. The largest absolute Gasteiger partial charge is 0.456 e. The number of anilines is 1. The number of benzene rings is 2. The molecule has 1 amide bonds. The first kappa shape index (κ1) is 16.8. The highest BCUT2D eigenvalue weighted by Crippen LogP contribution is 2.42. The van der Waals surface area contributed by atoms with E-state index in [1.165, 1.54) is 12.1 Å². The first-order valence-corrected chi connectivity index (χ1v) is 8.29. The van der Waals surface area contributed by atoms with Crippen LogP contribution in [0.25, 0.3) is 0 Å². The van der Waals surface area contributed by atoms with E-state index in [0.29, 0.717) is 28.1 Å². The van der Waals surface area contributed by atoms with E-state index in [0.717, 1.165) is 11.1 Å². The molecular formula is C18H17BrFNO3. The Labute approximate surface area is 148 Å². The van der Waals surface area contributed by atoms with Crippen LogP contribution in [0.4, 0.5) is 14.9 Å². The Morgan fingerprint density at radius 3 is 2.71 bits per heavy atom. The zero-order valence-electron chi connectivity index (χ0n) is 13.6. The molecule has 0 bridgehead atoms. The van der Waals surface area contributed by atoms with Crippen LogP contribution in [0.3, 0.4) is 0 Å². The van der Waals surface area contributed by atoms with Gasteiger partial charge in [-0.25, -0.2) is 9.18 Å². The summed E-state index contributed by atoms with van der Waals surface area (Å²) in [6.07, 6.45) is -0.00132. The van der Waals surface area contributed by atoms with Crippen LogP contribution in [0.15, 0.2) is 34.8 Å². The van der Waals surface area contributed by atoms with Crippen molar-refractivity contribution in [1.82, 2.24) is 0 Å². The molecule has 2 aromatic rings. The van der Waals surface area contributed by atoms with Gasteiger partial charge in [0.1, 0.15) is 22.9 Å². The molecule has 0 unspecified atom stereocenters. The standard InChI is InChI=1S/C18H17BrFNO3/c1-18(2,3)24-17(22)21-13-4-5-15-10(8-13)6-11-7-12(20)9-14(19)16(11)23-15/h4-5,7-9H,6H2,1-3H3,(H,21,22). The number of hydrogen-bond donors (Lipinski definition) is 1. The van der Waals surface area contributed by atoms with Crippen LogP contribution in [0, 0.1) is 5.82 Å². The van der Waals surface area contributed by atoms with Crippen molar-refractivity contribution in [2.75, 3.05) is 5.32 Å². The molecule has 0 saturated heterocycles. The molecule has 0 aliphatic carbocycles. The first-order chi connectivity index (χ1) is 11.2. The molecule has 1 aliphatic heterocycles. The summed E-state index contributed by atoms with van der Waals surface area (Å²) in [5.41, 5.74) is 1.66. The summed E-state index contributed by atoms with van der Waals surface area (Å²) in [6.45, 7) is 5.41. The maximum absolute atomic E-state index is 13.6. The lowest BCUT2D eigenvalue weighted by molar-refractivity contribution is 0.0636. The summed E-state index contributed by atoms with van der Waals surface area (Å²) < 4.78 is 25.2. The van der Waals surface area contributed by atoms with Crippen molar-refractivity contribution < 1.29 is 18.7 Å². The van der Waals surface area contributed by atoms with Gasteiger partial charge in [-0.15, -0.1) is 0 Å². The smallest absolute Gasteiger partial charge is 0.412 e. The normalized spacial score (nSPS) is 12.7. The second kappa shape index (κ2) is 6.09. The van der Waals surface area contributed by atoms with Gasteiger partial charge in [0.15, 0.2) is 0 Å². The van der Waals surface area contributed by atoms with Crippen molar-refractivity contribution in [1.29, 1.82) is 0 Å². The van der Waals surface area contributed by atoms with Crippen molar-refractivity contribution in [3.05, 3.63) is 51.7 Å². The van der Waals surface area contributed by atoms with Gasteiger partial charge in [0.25, 0.3) is 0 Å². The third-order valence-corrected chi connectivity index (χ3v) is 3.97. The molecule has 0 aromatic heterocycles. The van der Waals surface area contributed by atoms with Gasteiger partial charge < -0.3 is 9.47 Å². The van der Waals surface area contributed by atoms with Crippen LogP contribution in [-0.4, -0.2) is 11.7 Å². The van der Waals surface area contributed by atoms with Crippen molar-refractivity contribution >= 4 is 27.7 Å². The van der Waals surface area contributed by atoms with Crippen LogP contribution in [0.2, 0.25) is 0 Å². The zero-order chi connectivity index (χ0) is 17.5. The average Bonchev–Trinajstić information content (AvgIpc) is 2.43. The monoisotopic (exact) mass is 393 g/mol. The molecule has 1 N–H and O–H groups in total. The van der Waals surface area contributed by atoms with Gasteiger partial charge in [0.2, 0.25) is 0 Å². The van der Waals surface area contributed by atoms with Gasteiger partial charge in [-0.2, -0.15) is 0 Å². The molecule has 6 heteroatoms. The van der Waals surface area contributed by atoms with E-state index >= 15 is 0 Å². The molecule has 1 heterocycles. The average molecular weight is 394 g/mol. The lowest BCUT2D eigenvalue weighted by Gasteiger charge is -2.23. The molecule has 126 valence electrons. The molecule has 1 aliphatic rings. The Kier molecular flexibility index (Phi) is 4.25. The van der Waals surface area contributed by atoms with Crippen molar-refractivity contribution in [3.8, 4) is 11.5 Å². The number of carbonyl (C=O) groups excluding carboxylic acids is 1. The molecule has 0 spiro atoms. The number of hydrogen-bond acceptors (Lipinski definition) is 3. The third-order valence-electron chi connectivity index (χ3n) is 3.38. The van der Waals surface area contributed by atoms with E-state index in [9.17, 15) is 9.18 Å². The Bertz CT molecular complexity index is 815. The maximum atomic E-state index is 13.6. The number of nitrogens with one attached hydrogen (secondary N) is 1. The highest BCUT2D eigenvalue weighted by molar-refractivity contribution is 9.10. The summed E-state index contributed by atoms with van der Waals surface area (Å²) in [6, 6.07) is 8.16. The second-order valence-electron chi connectivity index (χ2n) is 6.60.